The van der Waals surface area contributed by atoms with E-state index in [4.69, 9.17) is 4.74 Å². The fourth-order valence-electron chi connectivity index (χ4n) is 2.86. The van der Waals surface area contributed by atoms with Crippen molar-refractivity contribution in [3.63, 3.8) is 0 Å². The summed E-state index contributed by atoms with van der Waals surface area (Å²) in [7, 11) is 0. The van der Waals surface area contributed by atoms with Crippen LogP contribution < -0.4 is 0 Å². The van der Waals surface area contributed by atoms with E-state index in [0.29, 0.717) is 12.3 Å². The molecule has 2 aliphatic rings. The summed E-state index contributed by atoms with van der Waals surface area (Å²) in [5.74, 6) is 1.28. The SMILES string of the molecule is CC=C1CC2CC(OC(=O)CC)C1C2. The maximum atomic E-state index is 11.2. The monoisotopic (exact) mass is 194 g/mol. The van der Waals surface area contributed by atoms with Crippen LogP contribution in [0.4, 0.5) is 0 Å². The summed E-state index contributed by atoms with van der Waals surface area (Å²) in [4.78, 5) is 11.2. The van der Waals surface area contributed by atoms with Gasteiger partial charge in [-0.05, 0) is 32.1 Å². The van der Waals surface area contributed by atoms with Crippen LogP contribution in [0, 0.1) is 11.8 Å². The largest absolute Gasteiger partial charge is 0.462 e. The number of carbonyl (C=O) groups is 1. The third-order valence-electron chi connectivity index (χ3n) is 3.54. The van der Waals surface area contributed by atoms with Crippen LogP contribution in [0.3, 0.4) is 0 Å². The number of hydrogen-bond donors (Lipinski definition) is 0. The van der Waals surface area contributed by atoms with E-state index in [1.54, 1.807) is 0 Å². The van der Waals surface area contributed by atoms with Gasteiger partial charge in [-0.25, -0.2) is 0 Å². The first-order valence-corrected chi connectivity index (χ1v) is 5.59. The molecule has 0 radical (unpaired) electrons. The van der Waals surface area contributed by atoms with E-state index in [9.17, 15) is 4.79 Å². The molecule has 0 N–H and O–H groups in total. The summed E-state index contributed by atoms with van der Waals surface area (Å²) in [6, 6.07) is 0. The van der Waals surface area contributed by atoms with Gasteiger partial charge in [0.1, 0.15) is 6.10 Å². The fraction of sp³-hybridized carbons (Fsp3) is 0.750. The van der Waals surface area contributed by atoms with E-state index in [1.165, 1.54) is 18.4 Å². The van der Waals surface area contributed by atoms with Crippen LogP contribution in [0.15, 0.2) is 11.6 Å². The number of esters is 1. The van der Waals surface area contributed by atoms with Gasteiger partial charge in [0, 0.05) is 12.3 Å². The van der Waals surface area contributed by atoms with Gasteiger partial charge in [-0.15, -0.1) is 0 Å². The first kappa shape index (κ1) is 9.75. The van der Waals surface area contributed by atoms with Crippen molar-refractivity contribution in [1.29, 1.82) is 0 Å². The van der Waals surface area contributed by atoms with Crippen molar-refractivity contribution in [1.82, 2.24) is 0 Å². The molecule has 3 atom stereocenters. The number of hydrogen-bond acceptors (Lipinski definition) is 2. The van der Waals surface area contributed by atoms with Crippen LogP contribution in [-0.2, 0) is 9.53 Å². The van der Waals surface area contributed by atoms with Crippen LogP contribution >= 0.6 is 0 Å². The third kappa shape index (κ3) is 1.58. The molecule has 0 saturated heterocycles. The first-order valence-electron chi connectivity index (χ1n) is 5.59. The van der Waals surface area contributed by atoms with Gasteiger partial charge in [0.05, 0.1) is 0 Å². The average Bonchev–Trinajstić information content (AvgIpc) is 2.75. The smallest absolute Gasteiger partial charge is 0.305 e. The molecule has 2 aliphatic carbocycles. The quantitative estimate of drug-likeness (QED) is 0.499. The number of carbonyl (C=O) groups excluding carboxylic acids is 1. The maximum absolute atomic E-state index is 11.2. The molecule has 2 fully saturated rings. The van der Waals surface area contributed by atoms with Crippen LogP contribution in [0.25, 0.3) is 0 Å². The summed E-state index contributed by atoms with van der Waals surface area (Å²) in [6.07, 6.45) is 6.46. The minimum Gasteiger partial charge on any atom is -0.462 e. The Morgan fingerprint density at radius 3 is 2.93 bits per heavy atom. The molecular weight excluding hydrogens is 176 g/mol. The average molecular weight is 194 g/mol. The lowest BCUT2D eigenvalue weighted by molar-refractivity contribution is -0.150. The summed E-state index contributed by atoms with van der Waals surface area (Å²) < 4.78 is 5.45. The second-order valence-electron chi connectivity index (χ2n) is 4.39. The van der Waals surface area contributed by atoms with E-state index in [-0.39, 0.29) is 12.1 Å². The van der Waals surface area contributed by atoms with Crippen molar-refractivity contribution in [3.05, 3.63) is 11.6 Å². The minimum absolute atomic E-state index is 0.0435. The molecule has 0 aromatic rings. The molecule has 2 heteroatoms. The zero-order chi connectivity index (χ0) is 10.1. The molecule has 0 aromatic carbocycles. The Balaban J connectivity index is 2.00. The van der Waals surface area contributed by atoms with Crippen molar-refractivity contribution < 1.29 is 9.53 Å². The second kappa shape index (κ2) is 3.76. The molecular formula is C12H18O2. The topological polar surface area (TPSA) is 26.3 Å². The highest BCUT2D eigenvalue weighted by Gasteiger charge is 2.44. The lowest BCUT2D eigenvalue weighted by Gasteiger charge is -2.24. The Kier molecular flexibility index (Phi) is 2.62. The van der Waals surface area contributed by atoms with E-state index < -0.39 is 0 Å². The van der Waals surface area contributed by atoms with E-state index >= 15 is 0 Å². The third-order valence-corrected chi connectivity index (χ3v) is 3.54. The normalized spacial score (nSPS) is 37.9. The van der Waals surface area contributed by atoms with Gasteiger partial charge in [-0.2, -0.15) is 0 Å². The zero-order valence-electron chi connectivity index (χ0n) is 8.95. The van der Waals surface area contributed by atoms with E-state index in [0.717, 1.165) is 12.3 Å². The zero-order valence-corrected chi connectivity index (χ0v) is 8.95. The molecule has 14 heavy (non-hydrogen) atoms. The molecule has 3 unspecified atom stereocenters. The lowest BCUT2D eigenvalue weighted by atomic mass is 9.92. The first-order chi connectivity index (χ1) is 6.74. The van der Waals surface area contributed by atoms with Crippen molar-refractivity contribution in [2.75, 3.05) is 0 Å². The van der Waals surface area contributed by atoms with Crippen molar-refractivity contribution in [3.8, 4) is 0 Å². The number of ether oxygens (including phenoxy) is 1. The highest BCUT2D eigenvalue weighted by molar-refractivity contribution is 5.69. The molecule has 0 spiro atoms. The standard InChI is InChI=1S/C12H18O2/c1-3-9-5-8-6-10(9)11(7-8)14-12(13)4-2/h3,8,10-11H,4-7H2,1-2H3. The Morgan fingerprint density at radius 1 is 1.57 bits per heavy atom. The Morgan fingerprint density at radius 2 is 2.36 bits per heavy atom. The van der Waals surface area contributed by atoms with Crippen LogP contribution in [0.2, 0.25) is 0 Å². The van der Waals surface area contributed by atoms with Gasteiger partial charge >= 0.3 is 5.97 Å². The van der Waals surface area contributed by atoms with E-state index in [1.807, 2.05) is 6.92 Å². The van der Waals surface area contributed by atoms with E-state index in [2.05, 4.69) is 13.0 Å². The Hall–Kier alpha value is -0.790. The minimum atomic E-state index is -0.0435. The lowest BCUT2D eigenvalue weighted by Crippen LogP contribution is -2.25. The second-order valence-corrected chi connectivity index (χ2v) is 4.39. The van der Waals surface area contributed by atoms with Crippen LogP contribution in [-0.4, -0.2) is 12.1 Å². The summed E-state index contributed by atoms with van der Waals surface area (Å²) in [5, 5.41) is 0. The molecule has 2 bridgehead atoms. The van der Waals surface area contributed by atoms with Crippen molar-refractivity contribution >= 4 is 5.97 Å². The molecule has 2 rings (SSSR count). The van der Waals surface area contributed by atoms with Gasteiger partial charge in [0.2, 0.25) is 0 Å². The Labute approximate surface area is 85.3 Å². The predicted molar refractivity (Wildman–Crippen MR) is 54.8 cm³/mol. The molecule has 0 heterocycles. The van der Waals surface area contributed by atoms with Gasteiger partial charge in [-0.3, -0.25) is 4.79 Å². The van der Waals surface area contributed by atoms with Crippen molar-refractivity contribution in [2.45, 2.75) is 45.6 Å². The molecule has 0 amide bonds. The van der Waals surface area contributed by atoms with Gasteiger partial charge in [-0.1, -0.05) is 18.6 Å². The number of fused-ring (bicyclic) bond motifs is 2. The fourth-order valence-corrected chi connectivity index (χ4v) is 2.86. The molecule has 0 aromatic heterocycles. The summed E-state index contributed by atoms with van der Waals surface area (Å²) >= 11 is 0. The van der Waals surface area contributed by atoms with Gasteiger partial charge < -0.3 is 4.74 Å². The van der Waals surface area contributed by atoms with Crippen molar-refractivity contribution in [2.24, 2.45) is 11.8 Å². The van der Waals surface area contributed by atoms with Crippen LogP contribution in [0.1, 0.15) is 39.5 Å². The Bertz CT molecular complexity index is 267. The van der Waals surface area contributed by atoms with Crippen LogP contribution in [0.5, 0.6) is 0 Å². The molecule has 78 valence electrons. The van der Waals surface area contributed by atoms with Gasteiger partial charge in [0.15, 0.2) is 0 Å². The number of rotatable bonds is 2. The summed E-state index contributed by atoms with van der Waals surface area (Å²) in [6.45, 7) is 3.95. The molecule has 0 aliphatic heterocycles. The summed E-state index contributed by atoms with van der Waals surface area (Å²) in [5.41, 5.74) is 1.51. The van der Waals surface area contributed by atoms with Gasteiger partial charge in [0.25, 0.3) is 0 Å². The molecule has 2 saturated carbocycles. The molecule has 2 nitrogen and oxygen atoms in total. The highest BCUT2D eigenvalue weighted by atomic mass is 16.5. The predicted octanol–water partition coefficient (Wildman–Crippen LogP) is 2.68. The maximum Gasteiger partial charge on any atom is 0.305 e. The number of allylic oxidation sites excluding steroid dienone is 1. The highest BCUT2D eigenvalue weighted by Crippen LogP contribution is 2.49.